The van der Waals surface area contributed by atoms with Crippen LogP contribution in [0.15, 0.2) is 24.3 Å². The number of hydrogen-bond donors (Lipinski definition) is 1. The second kappa shape index (κ2) is 3.31. The number of benzene rings is 1. The summed E-state index contributed by atoms with van der Waals surface area (Å²) < 4.78 is 26.3. The van der Waals surface area contributed by atoms with Gasteiger partial charge in [0.1, 0.15) is 0 Å². The van der Waals surface area contributed by atoms with Crippen molar-refractivity contribution in [2.24, 2.45) is 0 Å². The molecular formula is C11H14F2O. The summed E-state index contributed by atoms with van der Waals surface area (Å²) in [7, 11) is 0. The number of halogens is 2. The molecule has 0 spiro atoms. The Labute approximate surface area is 82.4 Å². The average molecular weight is 200 g/mol. The molecule has 0 aliphatic heterocycles. The first kappa shape index (κ1) is 11.1. The van der Waals surface area contributed by atoms with Gasteiger partial charge in [0.15, 0.2) is 0 Å². The highest BCUT2D eigenvalue weighted by Gasteiger charge is 2.31. The van der Waals surface area contributed by atoms with Crippen LogP contribution >= 0.6 is 0 Å². The maximum atomic E-state index is 13.1. The van der Waals surface area contributed by atoms with Crippen molar-refractivity contribution >= 4 is 0 Å². The maximum Gasteiger partial charge on any atom is 0.270 e. The van der Waals surface area contributed by atoms with Crippen LogP contribution in [0, 0.1) is 0 Å². The lowest BCUT2D eigenvalue weighted by atomic mass is 9.91. The van der Waals surface area contributed by atoms with Gasteiger partial charge in [-0.25, -0.2) is 8.78 Å². The predicted molar refractivity (Wildman–Crippen MR) is 51.3 cm³/mol. The molecule has 1 N–H and O–H groups in total. The molecule has 0 aliphatic rings. The van der Waals surface area contributed by atoms with Gasteiger partial charge in [-0.3, -0.25) is 0 Å². The number of hydrogen-bond acceptors (Lipinski definition) is 1. The van der Waals surface area contributed by atoms with Crippen LogP contribution in [-0.2, 0) is 11.5 Å². The standard InChI is InChI=1S/C11H14F2O/c1-10(2,14)8-6-4-5-7-9(8)11(3,12)13/h4-7,14H,1-3H3. The quantitative estimate of drug-likeness (QED) is 0.778. The van der Waals surface area contributed by atoms with Gasteiger partial charge in [0.25, 0.3) is 5.92 Å². The minimum absolute atomic E-state index is 0.118. The van der Waals surface area contributed by atoms with Crippen LogP contribution in [0.2, 0.25) is 0 Å². The van der Waals surface area contributed by atoms with E-state index < -0.39 is 11.5 Å². The molecule has 1 nitrogen and oxygen atoms in total. The van der Waals surface area contributed by atoms with Crippen molar-refractivity contribution in [2.45, 2.75) is 32.3 Å². The van der Waals surface area contributed by atoms with Gasteiger partial charge >= 0.3 is 0 Å². The van der Waals surface area contributed by atoms with Crippen LogP contribution in [0.5, 0.6) is 0 Å². The summed E-state index contributed by atoms with van der Waals surface area (Å²) in [5.74, 6) is -2.92. The SMILES string of the molecule is CC(C)(O)c1ccccc1C(C)(F)F. The zero-order chi connectivity index (χ0) is 11.0. The molecule has 3 heteroatoms. The van der Waals surface area contributed by atoms with Gasteiger partial charge in [0.05, 0.1) is 5.60 Å². The lowest BCUT2D eigenvalue weighted by Gasteiger charge is -2.24. The summed E-state index contributed by atoms with van der Waals surface area (Å²) >= 11 is 0. The van der Waals surface area contributed by atoms with Crippen molar-refractivity contribution in [3.8, 4) is 0 Å². The number of aliphatic hydroxyl groups is 1. The van der Waals surface area contributed by atoms with Crippen molar-refractivity contribution in [3.63, 3.8) is 0 Å². The van der Waals surface area contributed by atoms with E-state index >= 15 is 0 Å². The molecular weight excluding hydrogens is 186 g/mol. The Morgan fingerprint density at radius 1 is 1.00 bits per heavy atom. The van der Waals surface area contributed by atoms with E-state index in [2.05, 4.69) is 0 Å². The highest BCUT2D eigenvalue weighted by atomic mass is 19.3. The van der Waals surface area contributed by atoms with Gasteiger partial charge in [-0.2, -0.15) is 0 Å². The molecule has 0 aromatic heterocycles. The monoisotopic (exact) mass is 200 g/mol. The first-order chi connectivity index (χ1) is 6.23. The molecule has 0 radical (unpaired) electrons. The van der Waals surface area contributed by atoms with Crippen LogP contribution in [0.1, 0.15) is 31.9 Å². The van der Waals surface area contributed by atoms with E-state index in [4.69, 9.17) is 0 Å². The molecule has 0 unspecified atom stereocenters. The van der Waals surface area contributed by atoms with Crippen molar-refractivity contribution in [1.82, 2.24) is 0 Å². The minimum Gasteiger partial charge on any atom is -0.386 e. The Morgan fingerprint density at radius 2 is 1.43 bits per heavy atom. The Bertz CT molecular complexity index is 288. The van der Waals surface area contributed by atoms with Gasteiger partial charge in [-0.1, -0.05) is 24.3 Å². The van der Waals surface area contributed by atoms with Crippen molar-refractivity contribution in [1.29, 1.82) is 0 Å². The van der Waals surface area contributed by atoms with Crippen molar-refractivity contribution in [2.75, 3.05) is 0 Å². The Morgan fingerprint density at radius 3 is 1.71 bits per heavy atom. The second-order valence-corrected chi connectivity index (χ2v) is 3.99. The van der Waals surface area contributed by atoms with Crippen LogP contribution < -0.4 is 0 Å². The highest BCUT2D eigenvalue weighted by Crippen LogP contribution is 2.34. The normalized spacial score (nSPS) is 13.0. The van der Waals surface area contributed by atoms with Crippen LogP contribution in [0.4, 0.5) is 8.78 Å². The zero-order valence-corrected chi connectivity index (χ0v) is 8.51. The molecule has 0 atom stereocenters. The second-order valence-electron chi connectivity index (χ2n) is 3.99. The van der Waals surface area contributed by atoms with Gasteiger partial charge in [0, 0.05) is 12.5 Å². The lowest BCUT2D eigenvalue weighted by molar-refractivity contribution is 0.00743. The molecule has 0 heterocycles. The third-order valence-corrected chi connectivity index (χ3v) is 2.06. The van der Waals surface area contributed by atoms with E-state index in [0.29, 0.717) is 0 Å². The van der Waals surface area contributed by atoms with Crippen molar-refractivity contribution < 1.29 is 13.9 Å². The average Bonchev–Trinajstić information content (AvgIpc) is 2.01. The molecule has 78 valence electrons. The van der Waals surface area contributed by atoms with E-state index in [0.717, 1.165) is 6.92 Å². The molecule has 0 bridgehead atoms. The van der Waals surface area contributed by atoms with Gasteiger partial charge in [0.2, 0.25) is 0 Å². The van der Waals surface area contributed by atoms with Crippen LogP contribution in [-0.4, -0.2) is 5.11 Å². The highest BCUT2D eigenvalue weighted by molar-refractivity contribution is 5.34. The maximum absolute atomic E-state index is 13.1. The van der Waals surface area contributed by atoms with E-state index in [9.17, 15) is 13.9 Å². The van der Waals surface area contributed by atoms with E-state index in [-0.39, 0.29) is 11.1 Å². The summed E-state index contributed by atoms with van der Waals surface area (Å²) in [6.45, 7) is 3.83. The molecule has 0 aliphatic carbocycles. The number of rotatable bonds is 2. The summed E-state index contributed by atoms with van der Waals surface area (Å²) in [5, 5.41) is 9.70. The Balaban J connectivity index is 3.31. The van der Waals surface area contributed by atoms with Crippen LogP contribution in [0.25, 0.3) is 0 Å². The largest absolute Gasteiger partial charge is 0.386 e. The first-order valence-electron chi connectivity index (χ1n) is 4.43. The van der Waals surface area contributed by atoms with Gasteiger partial charge in [-0.15, -0.1) is 0 Å². The third kappa shape index (κ3) is 2.29. The summed E-state index contributed by atoms with van der Waals surface area (Å²) in [5.41, 5.74) is -1.09. The van der Waals surface area contributed by atoms with Gasteiger partial charge < -0.3 is 5.11 Å². The van der Waals surface area contributed by atoms with Crippen LogP contribution in [0.3, 0.4) is 0 Å². The van der Waals surface area contributed by atoms with Gasteiger partial charge in [-0.05, 0) is 19.4 Å². The number of alkyl halides is 2. The van der Waals surface area contributed by atoms with E-state index in [1.165, 1.54) is 26.0 Å². The molecule has 0 amide bonds. The zero-order valence-electron chi connectivity index (χ0n) is 8.51. The predicted octanol–water partition coefficient (Wildman–Crippen LogP) is 3.03. The topological polar surface area (TPSA) is 20.2 Å². The molecule has 0 fully saturated rings. The first-order valence-corrected chi connectivity index (χ1v) is 4.43. The molecule has 0 saturated heterocycles. The van der Waals surface area contributed by atoms with E-state index in [1.807, 2.05) is 0 Å². The summed E-state index contributed by atoms with van der Waals surface area (Å²) in [6, 6.07) is 6.05. The molecule has 1 aromatic rings. The summed E-state index contributed by atoms with van der Waals surface area (Å²) in [4.78, 5) is 0. The lowest BCUT2D eigenvalue weighted by Crippen LogP contribution is -2.22. The molecule has 1 aromatic carbocycles. The fourth-order valence-corrected chi connectivity index (χ4v) is 1.40. The molecule has 0 saturated carbocycles. The minimum atomic E-state index is -2.92. The summed E-state index contributed by atoms with van der Waals surface area (Å²) in [6.07, 6.45) is 0. The van der Waals surface area contributed by atoms with E-state index in [1.54, 1.807) is 12.1 Å². The van der Waals surface area contributed by atoms with Crippen molar-refractivity contribution in [3.05, 3.63) is 35.4 Å². The molecule has 1 rings (SSSR count). The third-order valence-electron chi connectivity index (χ3n) is 2.06. The Kier molecular flexibility index (Phi) is 2.63. The Hall–Kier alpha value is -0.960. The smallest absolute Gasteiger partial charge is 0.270 e. The fourth-order valence-electron chi connectivity index (χ4n) is 1.40. The fraction of sp³-hybridized carbons (Fsp3) is 0.455. The molecule has 14 heavy (non-hydrogen) atoms.